The summed E-state index contributed by atoms with van der Waals surface area (Å²) in [6.07, 6.45) is 6.65. The molecular formula is C48H71ClN22O4. The fourth-order valence-corrected chi connectivity index (χ4v) is 8.90. The number of amides is 3. The third kappa shape index (κ3) is 13.1. The third-order valence-electron chi connectivity index (χ3n) is 12.7. The number of anilines is 6. The second-order valence-corrected chi connectivity index (χ2v) is 20.1. The summed E-state index contributed by atoms with van der Waals surface area (Å²) in [4.78, 5) is 82.8. The summed E-state index contributed by atoms with van der Waals surface area (Å²) < 4.78 is 15.6. The predicted octanol–water partition coefficient (Wildman–Crippen LogP) is 2.84. The Kier molecular flexibility index (Phi) is 17.8. The number of nitrogens with zero attached hydrogens (tertiary/aromatic N) is 19. The number of hydrogen-bond donors (Lipinski definition) is 3. The first-order chi connectivity index (χ1) is 36.1. The molecule has 10 heterocycles. The van der Waals surface area contributed by atoms with Crippen molar-refractivity contribution < 1.29 is 19.1 Å². The van der Waals surface area contributed by atoms with E-state index >= 15 is 0 Å². The minimum Gasteiger partial charge on any atom is -0.378 e. The predicted molar refractivity (Wildman–Crippen MR) is 290 cm³/mol. The van der Waals surface area contributed by atoms with E-state index in [4.69, 9.17) is 62.4 Å². The highest BCUT2D eigenvalue weighted by atomic mass is 35.5. The van der Waals surface area contributed by atoms with Gasteiger partial charge in [-0.1, -0.05) is 27.7 Å². The average Bonchev–Trinajstić information content (AvgIpc) is 3.97. The molecular weight excluding hydrogens is 984 g/mol. The van der Waals surface area contributed by atoms with Crippen molar-refractivity contribution in [2.45, 2.75) is 40.8 Å². The Balaban J connectivity index is 0.000000181. The van der Waals surface area contributed by atoms with E-state index in [0.29, 0.717) is 81.7 Å². The first-order valence-corrected chi connectivity index (χ1v) is 25.8. The number of nitrogens with two attached hydrogens (primary N) is 2. The van der Waals surface area contributed by atoms with Gasteiger partial charge in [-0.3, -0.25) is 13.9 Å². The van der Waals surface area contributed by atoms with Crippen LogP contribution in [0, 0.1) is 11.8 Å². The monoisotopic (exact) mass is 1050 g/mol. The zero-order valence-electron chi connectivity index (χ0n) is 44.4. The van der Waals surface area contributed by atoms with Crippen molar-refractivity contribution in [1.82, 2.24) is 79.0 Å². The van der Waals surface area contributed by atoms with E-state index in [1.807, 2.05) is 4.90 Å². The van der Waals surface area contributed by atoms with Gasteiger partial charge >= 0.3 is 11.4 Å². The van der Waals surface area contributed by atoms with Crippen LogP contribution in [0.15, 0.2) is 24.8 Å². The molecule has 10 rings (SSSR count). The highest BCUT2D eigenvalue weighted by Crippen LogP contribution is 2.34. The van der Waals surface area contributed by atoms with Crippen LogP contribution in [0.1, 0.15) is 27.7 Å². The lowest BCUT2D eigenvalue weighted by atomic mass is 10.2. The molecule has 0 unspecified atom stereocenters. The van der Waals surface area contributed by atoms with Crippen LogP contribution < -0.4 is 36.4 Å². The van der Waals surface area contributed by atoms with Gasteiger partial charge in [0.05, 0.1) is 37.6 Å². The van der Waals surface area contributed by atoms with Crippen LogP contribution in [-0.4, -0.2) is 218 Å². The number of piperazine rings is 2. The summed E-state index contributed by atoms with van der Waals surface area (Å²) in [5.74, 6) is 5.81. The van der Waals surface area contributed by atoms with E-state index in [2.05, 4.69) is 81.7 Å². The highest BCUT2D eigenvalue weighted by Gasteiger charge is 2.31. The fourth-order valence-electron chi connectivity index (χ4n) is 8.90. The number of rotatable bonds is 10. The maximum Gasteiger partial charge on any atom is 0.319 e. The molecule has 4 saturated heterocycles. The summed E-state index contributed by atoms with van der Waals surface area (Å²) in [5, 5.41) is 2.99. The number of hydrogen-bond acceptors (Lipinski definition) is 21. The molecule has 26 nitrogen and oxygen atoms in total. The lowest BCUT2D eigenvalue weighted by Crippen LogP contribution is -2.52. The number of carbonyl (C=O) groups is 2. The number of ether oxygens (including phenoxy) is 2. The molecule has 4 aliphatic heterocycles. The molecule has 0 aliphatic carbocycles. The van der Waals surface area contributed by atoms with E-state index in [1.54, 1.807) is 57.9 Å². The molecule has 0 spiro atoms. The Morgan fingerprint density at radius 1 is 0.573 bits per heavy atom. The van der Waals surface area contributed by atoms with Crippen LogP contribution in [0.5, 0.6) is 0 Å². The molecule has 4 aliphatic rings. The quantitative estimate of drug-likeness (QED) is 0.131. The van der Waals surface area contributed by atoms with Gasteiger partial charge in [-0.2, -0.15) is 0 Å². The van der Waals surface area contributed by atoms with E-state index in [1.165, 1.54) is 4.90 Å². The molecule has 0 aromatic carbocycles. The number of carbonyl (C=O) groups excluding carboxylic acids is 2. The largest absolute Gasteiger partial charge is 0.378 e. The van der Waals surface area contributed by atoms with Crippen molar-refractivity contribution in [2.75, 3.05) is 164 Å². The maximum atomic E-state index is 12.5. The van der Waals surface area contributed by atoms with Gasteiger partial charge in [0.15, 0.2) is 45.6 Å². The van der Waals surface area contributed by atoms with Crippen LogP contribution in [0.25, 0.3) is 45.1 Å². The number of morpholine rings is 2. The second kappa shape index (κ2) is 24.5. The number of nitrogen functional groups attached to an aromatic ring is 2. The van der Waals surface area contributed by atoms with E-state index in [-0.39, 0.29) is 17.9 Å². The lowest BCUT2D eigenvalue weighted by Gasteiger charge is -2.36. The van der Waals surface area contributed by atoms with E-state index in [9.17, 15) is 9.59 Å². The molecule has 0 saturated carbocycles. The Bertz CT molecular complexity index is 2850. The van der Waals surface area contributed by atoms with Gasteiger partial charge in [0.1, 0.15) is 0 Å². The number of nitrogens with one attached hydrogen (secondary N) is 1. The second-order valence-electron chi connectivity index (χ2n) is 19.8. The first-order valence-electron chi connectivity index (χ1n) is 25.5. The average molecular weight is 1060 g/mol. The van der Waals surface area contributed by atoms with Crippen LogP contribution in [0.2, 0.25) is 0 Å². The molecule has 404 valence electrons. The molecule has 27 heteroatoms. The standard InChI is InChI=1S/C24H35N11O2.C21H30N10O.C3H6ClNO/c1-16(2)15-35-21-18(28-23(35)33-5-7-34(8-6-33)24(36)31(3)4)20(32-9-11-37-12-10-32)29-19(30-21)17-13-26-22(25)27-14-17;1-14(2)13-31-19-16(26-21(31)30-5-3-23-4-6-30)18(29-7-9-32-10-8-29)27-17(28-19)15-11-24-20(22)25-12-15;1-5(2)3(4)6/h13-14,16H,5-12,15H2,1-4H3,(H2,25,26,27);11-12,14,23H,3-10,13H2,1-2H3,(H2,22,24,25);1-2H3. The molecule has 3 amide bonds. The molecule has 75 heavy (non-hydrogen) atoms. The minimum absolute atomic E-state index is 0.0335. The van der Waals surface area contributed by atoms with Crippen molar-refractivity contribution >= 4 is 80.8 Å². The summed E-state index contributed by atoms with van der Waals surface area (Å²) in [6.45, 7) is 22.3. The Morgan fingerprint density at radius 2 is 0.960 bits per heavy atom. The Morgan fingerprint density at radius 3 is 1.32 bits per heavy atom. The van der Waals surface area contributed by atoms with E-state index in [0.717, 1.165) is 117 Å². The molecule has 5 N–H and O–H groups in total. The Labute approximate surface area is 441 Å². The SMILES string of the molecule is CC(C)Cn1c(N2CCN(C(=O)N(C)C)CC2)nc2c(N3CCOCC3)nc(-c3cnc(N)nc3)nc21.CC(C)Cn1c(N2CCNCC2)nc2c(N3CCOCC3)nc(-c3cnc(N)nc3)nc21.CN(C)C(=O)Cl. The topological polar surface area (TPSA) is 278 Å². The summed E-state index contributed by atoms with van der Waals surface area (Å²) in [5.41, 5.74) is 16.1. The van der Waals surface area contributed by atoms with Gasteiger partial charge < -0.3 is 60.6 Å². The molecule has 4 fully saturated rings. The molecule has 0 bridgehead atoms. The van der Waals surface area contributed by atoms with Crippen LogP contribution in [0.3, 0.4) is 0 Å². The van der Waals surface area contributed by atoms with Crippen LogP contribution in [0.4, 0.5) is 45.0 Å². The number of halogens is 1. The molecule has 6 aromatic rings. The van der Waals surface area contributed by atoms with Crippen molar-refractivity contribution in [2.24, 2.45) is 11.8 Å². The smallest absolute Gasteiger partial charge is 0.319 e. The van der Waals surface area contributed by atoms with Crippen molar-refractivity contribution in [3.63, 3.8) is 0 Å². The zero-order valence-corrected chi connectivity index (χ0v) is 45.1. The Hall–Kier alpha value is -7.03. The highest BCUT2D eigenvalue weighted by molar-refractivity contribution is 6.62. The van der Waals surface area contributed by atoms with Crippen LogP contribution in [-0.2, 0) is 22.6 Å². The number of urea groups is 1. The molecule has 0 radical (unpaired) electrons. The number of imidazole rings is 2. The summed E-state index contributed by atoms with van der Waals surface area (Å²) in [6, 6.07) is 0.0335. The van der Waals surface area contributed by atoms with Gasteiger partial charge in [0.25, 0.3) is 0 Å². The summed E-state index contributed by atoms with van der Waals surface area (Å²) >= 11 is 4.90. The van der Waals surface area contributed by atoms with E-state index < -0.39 is 5.37 Å². The third-order valence-corrected chi connectivity index (χ3v) is 13.0. The molecule has 0 atom stereocenters. The first kappa shape index (κ1) is 54.2. The minimum atomic E-state index is -0.435. The summed E-state index contributed by atoms with van der Waals surface area (Å²) in [7, 11) is 6.75. The van der Waals surface area contributed by atoms with Gasteiger partial charge in [0.2, 0.25) is 23.8 Å². The number of fused-ring (bicyclic) bond motifs is 2. The van der Waals surface area contributed by atoms with Gasteiger partial charge in [0, 0.05) is 145 Å². The zero-order chi connectivity index (χ0) is 53.3. The van der Waals surface area contributed by atoms with Crippen molar-refractivity contribution in [3.8, 4) is 22.8 Å². The van der Waals surface area contributed by atoms with Gasteiger partial charge in [-0.05, 0) is 23.4 Å². The van der Waals surface area contributed by atoms with Crippen molar-refractivity contribution in [3.05, 3.63) is 24.8 Å². The van der Waals surface area contributed by atoms with Gasteiger partial charge in [-0.15, -0.1) is 0 Å². The van der Waals surface area contributed by atoms with Crippen molar-refractivity contribution in [1.29, 1.82) is 0 Å². The lowest BCUT2D eigenvalue weighted by molar-refractivity contribution is 0.122. The van der Waals surface area contributed by atoms with Crippen LogP contribution >= 0.6 is 11.6 Å². The fraction of sp³-hybridized carbons (Fsp3) is 0.583. The maximum absolute atomic E-state index is 12.5. The number of aromatic nitrogens is 12. The van der Waals surface area contributed by atoms with Gasteiger partial charge in [-0.25, -0.2) is 54.6 Å². The molecule has 6 aromatic heterocycles. The normalized spacial score (nSPS) is 16.3.